The molecule has 21 heavy (non-hydrogen) atoms. The van der Waals surface area contributed by atoms with Gasteiger partial charge in [-0.05, 0) is 19.1 Å². The van der Waals surface area contributed by atoms with Crippen molar-refractivity contribution in [1.29, 1.82) is 0 Å². The zero-order valence-electron chi connectivity index (χ0n) is 12.0. The summed E-state index contributed by atoms with van der Waals surface area (Å²) in [6, 6.07) is 7.59. The minimum atomic E-state index is -0.506. The molecule has 1 radical (unpaired) electrons. The molecule has 2 rings (SSSR count). The number of nitrogens with zero attached hydrogens (tertiary/aromatic N) is 1. The zero-order valence-corrected chi connectivity index (χ0v) is 15.6. The van der Waals surface area contributed by atoms with Crippen LogP contribution in [0.25, 0.3) is 5.70 Å². The Kier molecular flexibility index (Phi) is 7.65. The molecule has 0 aromatic heterocycles. The Balaban J connectivity index is 0.00000220. The van der Waals surface area contributed by atoms with Crippen LogP contribution in [0.4, 0.5) is 0 Å². The Labute approximate surface area is 155 Å². The monoisotopic (exact) mass is 379 g/mol. The molecule has 1 aliphatic heterocycles. The summed E-state index contributed by atoms with van der Waals surface area (Å²) in [5, 5.41) is -0.506. The number of hydrogen-bond acceptors (Lipinski definition) is 2. The Morgan fingerprint density at radius 2 is 2.14 bits per heavy atom. The fourth-order valence-electron chi connectivity index (χ4n) is 2.08. The number of allylic oxidation sites excluding steroid dienone is 1. The summed E-state index contributed by atoms with van der Waals surface area (Å²) in [6.45, 7) is 6.59. The maximum Gasteiger partial charge on any atom is 0.241 e. The predicted molar refractivity (Wildman–Crippen MR) is 80.4 cm³/mol. The Morgan fingerprint density at radius 3 is 2.71 bits per heavy atom. The number of benzene rings is 1. The van der Waals surface area contributed by atoms with Crippen molar-refractivity contribution in [1.82, 2.24) is 4.90 Å². The quantitative estimate of drug-likeness (QED) is 0.446. The summed E-state index contributed by atoms with van der Waals surface area (Å²) in [5.41, 5.74) is 1.74. The topological polar surface area (TPSA) is 29.5 Å². The van der Waals surface area contributed by atoms with Gasteiger partial charge in [-0.1, -0.05) is 19.1 Å². The van der Waals surface area contributed by atoms with Gasteiger partial charge < -0.3 is 9.64 Å². The van der Waals surface area contributed by atoms with Crippen LogP contribution in [-0.4, -0.2) is 29.3 Å². The predicted octanol–water partition coefficient (Wildman–Crippen LogP) is 3.25. The molecule has 0 bridgehead atoms. The number of rotatable bonds is 5. The van der Waals surface area contributed by atoms with E-state index in [2.05, 4.69) is 12.7 Å². The van der Waals surface area contributed by atoms with E-state index in [0.717, 1.165) is 17.0 Å². The number of halogens is 1. The van der Waals surface area contributed by atoms with Gasteiger partial charge in [0.05, 0.1) is 0 Å². The van der Waals surface area contributed by atoms with Crippen molar-refractivity contribution >= 4 is 23.2 Å². The summed E-state index contributed by atoms with van der Waals surface area (Å²) >= 11 is 5.98. The van der Waals surface area contributed by atoms with Crippen LogP contribution in [0, 0.1) is 6.08 Å². The molecule has 109 valence electrons. The summed E-state index contributed by atoms with van der Waals surface area (Å²) in [5.74, 6) is 0.713. The average molecular weight is 380 g/mol. The van der Waals surface area contributed by atoms with Crippen LogP contribution in [0.15, 0.2) is 36.9 Å². The standard InChI is InChI=1S/C16H17ClNO2.Y/c1-3-11-20-13-7-5-12(6-8-13)15-10-9-14(17)16(19)18(15)4-2;/h3,5-8,14H,1,4,9,11H2,2H3;/q-1;. The Morgan fingerprint density at radius 1 is 1.48 bits per heavy atom. The van der Waals surface area contributed by atoms with Crippen LogP contribution in [0.5, 0.6) is 5.75 Å². The molecule has 0 N–H and O–H groups in total. The van der Waals surface area contributed by atoms with Crippen LogP contribution in [0.3, 0.4) is 0 Å². The SMILES string of the molecule is C=CCOc1ccc(C2=[C-]CC(Cl)C(=O)N2CC)cc1.[Y]. The second-order valence-electron chi connectivity index (χ2n) is 4.40. The van der Waals surface area contributed by atoms with Crippen LogP contribution in [0.2, 0.25) is 0 Å². The van der Waals surface area contributed by atoms with Gasteiger partial charge >= 0.3 is 0 Å². The second kappa shape index (κ2) is 8.72. The number of carbonyl (C=O) groups is 1. The van der Waals surface area contributed by atoms with Crippen molar-refractivity contribution in [3.8, 4) is 5.75 Å². The number of hydrogen-bond donors (Lipinski definition) is 0. The first-order valence-corrected chi connectivity index (χ1v) is 7.01. The van der Waals surface area contributed by atoms with Crippen LogP contribution < -0.4 is 4.74 Å². The third kappa shape index (κ3) is 4.42. The fourth-order valence-corrected chi connectivity index (χ4v) is 2.28. The molecule has 1 unspecified atom stereocenters. The molecule has 0 saturated carbocycles. The first-order chi connectivity index (χ1) is 9.67. The van der Waals surface area contributed by atoms with E-state index in [-0.39, 0.29) is 38.6 Å². The van der Waals surface area contributed by atoms with Gasteiger partial charge in [-0.3, -0.25) is 4.79 Å². The van der Waals surface area contributed by atoms with Gasteiger partial charge in [-0.2, -0.15) is 5.56 Å². The normalized spacial score (nSPS) is 17.8. The van der Waals surface area contributed by atoms with E-state index >= 15 is 0 Å². The number of amides is 1. The second-order valence-corrected chi connectivity index (χ2v) is 4.93. The summed E-state index contributed by atoms with van der Waals surface area (Å²) in [4.78, 5) is 13.7. The molecular weight excluding hydrogens is 363 g/mol. The fraction of sp³-hybridized carbons (Fsp3) is 0.312. The average Bonchev–Trinajstić information content (AvgIpc) is 2.48. The van der Waals surface area contributed by atoms with Crippen molar-refractivity contribution in [2.24, 2.45) is 0 Å². The summed E-state index contributed by atoms with van der Waals surface area (Å²) in [7, 11) is 0. The van der Waals surface area contributed by atoms with Gasteiger partial charge in [0.2, 0.25) is 5.91 Å². The van der Waals surface area contributed by atoms with E-state index < -0.39 is 5.38 Å². The summed E-state index contributed by atoms with van der Waals surface area (Å²) < 4.78 is 5.44. The van der Waals surface area contributed by atoms with E-state index in [0.29, 0.717) is 19.6 Å². The smallest absolute Gasteiger partial charge is 0.241 e. The largest absolute Gasteiger partial charge is 0.490 e. The Hall–Kier alpha value is -0.636. The van der Waals surface area contributed by atoms with Crippen LogP contribution >= 0.6 is 11.6 Å². The number of carbonyl (C=O) groups excluding carboxylic acids is 1. The van der Waals surface area contributed by atoms with Crippen molar-refractivity contribution in [2.45, 2.75) is 18.7 Å². The van der Waals surface area contributed by atoms with Gasteiger partial charge in [0.1, 0.15) is 17.7 Å². The van der Waals surface area contributed by atoms with Crippen molar-refractivity contribution in [3.63, 3.8) is 0 Å². The summed E-state index contributed by atoms with van der Waals surface area (Å²) in [6.07, 6.45) is 5.36. The molecule has 1 heterocycles. The first-order valence-electron chi connectivity index (χ1n) is 6.57. The first kappa shape index (κ1) is 18.4. The molecular formula is C16H17ClNO2Y-. The van der Waals surface area contributed by atoms with E-state index in [1.54, 1.807) is 11.0 Å². The van der Waals surface area contributed by atoms with Crippen LogP contribution in [-0.2, 0) is 37.5 Å². The third-order valence-corrected chi connectivity index (χ3v) is 3.41. The third-order valence-electron chi connectivity index (χ3n) is 3.06. The molecule has 0 fully saturated rings. The van der Waals surface area contributed by atoms with Gasteiger partial charge in [-0.15, -0.1) is 29.4 Å². The maximum absolute atomic E-state index is 12.0. The van der Waals surface area contributed by atoms with Gasteiger partial charge in [0.15, 0.2) is 0 Å². The molecule has 1 aromatic rings. The molecule has 3 nitrogen and oxygen atoms in total. The molecule has 1 aliphatic rings. The molecule has 1 aromatic carbocycles. The number of alkyl halides is 1. The van der Waals surface area contributed by atoms with Crippen molar-refractivity contribution in [3.05, 3.63) is 48.6 Å². The van der Waals surface area contributed by atoms with E-state index in [9.17, 15) is 4.79 Å². The van der Waals surface area contributed by atoms with Crippen LogP contribution in [0.1, 0.15) is 18.9 Å². The zero-order chi connectivity index (χ0) is 14.5. The minimum absolute atomic E-state index is 0. The van der Waals surface area contributed by atoms with Gasteiger partial charge in [-0.25, -0.2) is 6.08 Å². The molecule has 1 amide bonds. The molecule has 0 aliphatic carbocycles. The van der Waals surface area contributed by atoms with E-state index in [1.807, 2.05) is 31.2 Å². The van der Waals surface area contributed by atoms with Crippen molar-refractivity contribution < 1.29 is 42.2 Å². The van der Waals surface area contributed by atoms with Crippen molar-refractivity contribution in [2.75, 3.05) is 13.2 Å². The van der Waals surface area contributed by atoms with Gasteiger partial charge in [0.25, 0.3) is 0 Å². The van der Waals surface area contributed by atoms with Gasteiger partial charge in [0, 0.05) is 39.3 Å². The van der Waals surface area contributed by atoms with E-state index in [4.69, 9.17) is 16.3 Å². The maximum atomic E-state index is 12.0. The van der Waals surface area contributed by atoms with E-state index in [1.165, 1.54) is 0 Å². The number of ether oxygens (including phenoxy) is 1. The molecule has 1 atom stereocenters. The molecule has 0 saturated heterocycles. The Bertz CT molecular complexity index is 528. The molecule has 5 heteroatoms. The minimum Gasteiger partial charge on any atom is -0.490 e. The molecule has 0 spiro atoms.